The van der Waals surface area contributed by atoms with Crippen LogP contribution in [0.2, 0.25) is 0 Å². The van der Waals surface area contributed by atoms with E-state index in [-0.39, 0.29) is 12.7 Å². The molecule has 1 aromatic rings. The molecule has 0 aromatic heterocycles. The zero-order valence-electron chi connectivity index (χ0n) is 8.83. The second-order valence-electron chi connectivity index (χ2n) is 3.52. The van der Waals surface area contributed by atoms with Crippen molar-refractivity contribution in [2.45, 2.75) is 18.8 Å². The highest BCUT2D eigenvalue weighted by Gasteiger charge is 2.14. The van der Waals surface area contributed by atoms with Gasteiger partial charge in [0.25, 0.3) is 0 Å². The lowest BCUT2D eigenvalue weighted by atomic mass is 10.2. The van der Waals surface area contributed by atoms with Gasteiger partial charge in [0.05, 0.1) is 0 Å². The summed E-state index contributed by atoms with van der Waals surface area (Å²) in [6, 6.07) is 5.56. The number of nitrogens with one attached hydrogen (secondary N) is 1. The zero-order valence-corrected chi connectivity index (χ0v) is 9.58. The molecule has 1 aliphatic rings. The summed E-state index contributed by atoms with van der Waals surface area (Å²) >= 11 is 5.63. The Morgan fingerprint density at radius 3 is 3.00 bits per heavy atom. The van der Waals surface area contributed by atoms with Gasteiger partial charge in [-0.15, -0.1) is 11.6 Å². The minimum absolute atomic E-state index is 0.181. The van der Waals surface area contributed by atoms with E-state index in [2.05, 4.69) is 5.32 Å². The molecule has 0 aliphatic carbocycles. The molecule has 4 nitrogen and oxygen atoms in total. The van der Waals surface area contributed by atoms with Gasteiger partial charge in [0.1, 0.15) is 5.38 Å². The second-order valence-corrected chi connectivity index (χ2v) is 4.18. The molecule has 0 unspecified atom stereocenters. The molecule has 16 heavy (non-hydrogen) atoms. The monoisotopic (exact) mass is 241 g/mol. The first-order valence-electron chi connectivity index (χ1n) is 4.97. The van der Waals surface area contributed by atoms with E-state index in [4.69, 9.17) is 21.1 Å². The van der Waals surface area contributed by atoms with Crippen LogP contribution in [0.15, 0.2) is 18.2 Å². The predicted molar refractivity (Wildman–Crippen MR) is 59.7 cm³/mol. The van der Waals surface area contributed by atoms with Gasteiger partial charge in [0.2, 0.25) is 12.7 Å². The first-order chi connectivity index (χ1) is 7.66. The Hall–Kier alpha value is -1.42. The highest BCUT2D eigenvalue weighted by atomic mass is 35.5. The second kappa shape index (κ2) is 4.61. The Kier molecular flexibility index (Phi) is 3.19. The Labute approximate surface area is 98.5 Å². The molecular formula is C11H12ClNO3. The van der Waals surface area contributed by atoms with Gasteiger partial charge in [-0.25, -0.2) is 0 Å². The number of ether oxygens (including phenoxy) is 2. The Morgan fingerprint density at radius 1 is 1.50 bits per heavy atom. The molecule has 1 N–H and O–H groups in total. The lowest BCUT2D eigenvalue weighted by Gasteiger charge is -2.07. The van der Waals surface area contributed by atoms with Crippen LogP contribution in [-0.4, -0.2) is 18.1 Å². The molecule has 0 saturated heterocycles. The van der Waals surface area contributed by atoms with Crippen LogP contribution in [-0.2, 0) is 11.3 Å². The molecule has 1 amide bonds. The molecule has 0 saturated carbocycles. The molecule has 0 bridgehead atoms. The van der Waals surface area contributed by atoms with E-state index in [1.54, 1.807) is 6.92 Å². The number of carbonyl (C=O) groups is 1. The summed E-state index contributed by atoms with van der Waals surface area (Å²) in [5.74, 6) is 1.27. The number of rotatable bonds is 3. The molecule has 2 rings (SSSR count). The van der Waals surface area contributed by atoms with Crippen molar-refractivity contribution in [1.82, 2.24) is 5.32 Å². The Morgan fingerprint density at radius 2 is 2.25 bits per heavy atom. The first kappa shape index (κ1) is 11.1. The van der Waals surface area contributed by atoms with E-state index in [1.165, 1.54) is 0 Å². The molecule has 1 aliphatic heterocycles. The molecule has 0 radical (unpaired) electrons. The van der Waals surface area contributed by atoms with Crippen molar-refractivity contribution in [2.24, 2.45) is 0 Å². The van der Waals surface area contributed by atoms with Crippen molar-refractivity contribution in [3.8, 4) is 11.5 Å². The molecule has 5 heteroatoms. The fourth-order valence-corrected chi connectivity index (χ4v) is 1.46. The maximum Gasteiger partial charge on any atom is 0.238 e. The van der Waals surface area contributed by atoms with Crippen LogP contribution < -0.4 is 14.8 Å². The van der Waals surface area contributed by atoms with Crippen molar-refractivity contribution < 1.29 is 14.3 Å². The van der Waals surface area contributed by atoms with Crippen molar-refractivity contribution in [2.75, 3.05) is 6.79 Å². The summed E-state index contributed by atoms with van der Waals surface area (Å²) in [4.78, 5) is 11.3. The van der Waals surface area contributed by atoms with Crippen molar-refractivity contribution in [3.63, 3.8) is 0 Å². The number of amides is 1. The quantitative estimate of drug-likeness (QED) is 0.819. The Bertz CT molecular complexity index is 406. The number of benzene rings is 1. The number of hydrogen-bond acceptors (Lipinski definition) is 3. The fourth-order valence-electron chi connectivity index (χ4n) is 1.38. The van der Waals surface area contributed by atoms with Gasteiger partial charge in [0.15, 0.2) is 11.5 Å². The largest absolute Gasteiger partial charge is 0.454 e. The van der Waals surface area contributed by atoms with Gasteiger partial charge in [-0.2, -0.15) is 0 Å². The van der Waals surface area contributed by atoms with Crippen molar-refractivity contribution in [1.29, 1.82) is 0 Å². The van der Waals surface area contributed by atoms with Crippen LogP contribution in [0.5, 0.6) is 11.5 Å². The topological polar surface area (TPSA) is 47.6 Å². The Balaban J connectivity index is 1.98. The average molecular weight is 242 g/mol. The zero-order chi connectivity index (χ0) is 11.5. The van der Waals surface area contributed by atoms with Crippen molar-refractivity contribution >= 4 is 17.5 Å². The maximum absolute atomic E-state index is 11.3. The predicted octanol–water partition coefficient (Wildman–Crippen LogP) is 1.66. The molecule has 0 fully saturated rings. The first-order valence-corrected chi connectivity index (χ1v) is 5.41. The highest BCUT2D eigenvalue weighted by Crippen LogP contribution is 2.32. The van der Waals surface area contributed by atoms with Crippen LogP contribution in [0.25, 0.3) is 0 Å². The van der Waals surface area contributed by atoms with E-state index >= 15 is 0 Å². The third kappa shape index (κ3) is 2.39. The van der Waals surface area contributed by atoms with Crippen LogP contribution in [0.1, 0.15) is 12.5 Å². The highest BCUT2D eigenvalue weighted by molar-refractivity contribution is 6.30. The summed E-state index contributed by atoms with van der Waals surface area (Å²) in [5.41, 5.74) is 0.954. The lowest BCUT2D eigenvalue weighted by molar-refractivity contribution is -0.120. The molecule has 86 valence electrons. The van der Waals surface area contributed by atoms with E-state index in [1.807, 2.05) is 18.2 Å². The maximum atomic E-state index is 11.3. The minimum atomic E-state index is -0.519. The van der Waals surface area contributed by atoms with Gasteiger partial charge in [-0.3, -0.25) is 4.79 Å². The standard InChI is InChI=1S/C11H12ClNO3/c1-7(12)11(14)13-5-8-2-3-9-10(4-8)16-6-15-9/h2-4,7H,5-6H2,1H3,(H,13,14)/t7-/m0/s1. The molecule has 1 heterocycles. The third-order valence-corrected chi connectivity index (χ3v) is 2.46. The molecular weight excluding hydrogens is 230 g/mol. The van der Waals surface area contributed by atoms with E-state index in [9.17, 15) is 4.79 Å². The van der Waals surface area contributed by atoms with Gasteiger partial charge >= 0.3 is 0 Å². The van der Waals surface area contributed by atoms with Crippen LogP contribution >= 0.6 is 11.6 Å². The number of fused-ring (bicyclic) bond motifs is 1. The average Bonchev–Trinajstić information content (AvgIpc) is 2.72. The van der Waals surface area contributed by atoms with E-state index < -0.39 is 5.38 Å². The fraction of sp³-hybridized carbons (Fsp3) is 0.364. The summed E-state index contributed by atoms with van der Waals surface area (Å²) in [5, 5.41) is 2.20. The lowest BCUT2D eigenvalue weighted by Crippen LogP contribution is -2.28. The van der Waals surface area contributed by atoms with Gasteiger partial charge in [-0.05, 0) is 24.6 Å². The van der Waals surface area contributed by atoms with Crippen LogP contribution in [0.3, 0.4) is 0 Å². The number of halogens is 1. The number of carbonyl (C=O) groups excluding carboxylic acids is 1. The SMILES string of the molecule is C[C@H](Cl)C(=O)NCc1ccc2c(c1)OCO2. The third-order valence-electron chi connectivity index (χ3n) is 2.27. The smallest absolute Gasteiger partial charge is 0.238 e. The minimum Gasteiger partial charge on any atom is -0.454 e. The van der Waals surface area contributed by atoms with Crippen LogP contribution in [0.4, 0.5) is 0 Å². The van der Waals surface area contributed by atoms with Gasteiger partial charge < -0.3 is 14.8 Å². The van der Waals surface area contributed by atoms with E-state index in [0.717, 1.165) is 11.3 Å². The number of alkyl halides is 1. The molecule has 1 atom stereocenters. The summed E-state index contributed by atoms with van der Waals surface area (Å²) < 4.78 is 10.4. The van der Waals surface area contributed by atoms with Gasteiger partial charge in [0, 0.05) is 6.54 Å². The number of hydrogen-bond donors (Lipinski definition) is 1. The van der Waals surface area contributed by atoms with Crippen molar-refractivity contribution in [3.05, 3.63) is 23.8 Å². The summed E-state index contributed by atoms with van der Waals surface area (Å²) in [6.45, 7) is 2.33. The van der Waals surface area contributed by atoms with E-state index in [0.29, 0.717) is 12.3 Å². The van der Waals surface area contributed by atoms with Crippen LogP contribution in [0, 0.1) is 0 Å². The normalized spacial score (nSPS) is 14.6. The van der Waals surface area contributed by atoms with Gasteiger partial charge in [-0.1, -0.05) is 6.07 Å². The summed E-state index contributed by atoms with van der Waals surface area (Å²) in [7, 11) is 0. The molecule has 1 aromatic carbocycles. The molecule has 0 spiro atoms. The summed E-state index contributed by atoms with van der Waals surface area (Å²) in [6.07, 6.45) is 0.